The molecule has 2 aliphatic carbocycles. The van der Waals surface area contributed by atoms with Crippen LogP contribution in [-0.4, -0.2) is 4.92 Å². The molecule has 1 N–H and O–H groups in total. The van der Waals surface area contributed by atoms with Crippen LogP contribution in [0.2, 0.25) is 10.0 Å². The highest BCUT2D eigenvalue weighted by Crippen LogP contribution is 2.64. The van der Waals surface area contributed by atoms with E-state index in [1.165, 1.54) is 19.3 Å². The van der Waals surface area contributed by atoms with Gasteiger partial charge in [-0.25, -0.2) is 0 Å². The Morgan fingerprint density at radius 1 is 1.04 bits per heavy atom. The lowest BCUT2D eigenvalue weighted by Gasteiger charge is -2.43. The van der Waals surface area contributed by atoms with Gasteiger partial charge in [-0.05, 0) is 72.3 Å². The average Bonchev–Trinajstić information content (AvgIpc) is 3.25. The van der Waals surface area contributed by atoms with Crippen molar-refractivity contribution in [3.63, 3.8) is 0 Å². The van der Waals surface area contributed by atoms with Crippen molar-refractivity contribution in [2.45, 2.75) is 31.2 Å². The van der Waals surface area contributed by atoms with Gasteiger partial charge in [0.15, 0.2) is 0 Å². The van der Waals surface area contributed by atoms with Gasteiger partial charge >= 0.3 is 0 Å². The Labute approximate surface area is 161 Å². The number of benzene rings is 2. The molecule has 0 amide bonds. The molecule has 0 spiro atoms. The maximum Gasteiger partial charge on any atom is 0.269 e. The zero-order chi connectivity index (χ0) is 18.0. The molecule has 0 aromatic heterocycles. The minimum atomic E-state index is -0.298. The summed E-state index contributed by atoms with van der Waals surface area (Å²) in [7, 11) is 0. The molecule has 1 aliphatic heterocycles. The van der Waals surface area contributed by atoms with Gasteiger partial charge in [0, 0.05) is 17.8 Å². The molecule has 3 aliphatic rings. The molecule has 2 saturated carbocycles. The van der Waals surface area contributed by atoms with E-state index in [4.69, 9.17) is 23.2 Å². The quantitative estimate of drug-likeness (QED) is 0.492. The van der Waals surface area contributed by atoms with E-state index in [0.29, 0.717) is 33.7 Å². The van der Waals surface area contributed by atoms with Crippen LogP contribution in [0.3, 0.4) is 0 Å². The van der Waals surface area contributed by atoms with Gasteiger partial charge in [0.05, 0.1) is 21.0 Å². The van der Waals surface area contributed by atoms with Crippen molar-refractivity contribution in [3.05, 3.63) is 67.7 Å². The molecule has 2 fully saturated rings. The minimum Gasteiger partial charge on any atom is -0.378 e. The molecule has 6 heteroatoms. The third kappa shape index (κ3) is 2.35. The number of nitrogens with zero attached hydrogens (tertiary/aromatic N) is 1. The summed E-state index contributed by atoms with van der Waals surface area (Å²) < 4.78 is 0. The molecule has 2 aromatic carbocycles. The predicted molar refractivity (Wildman–Crippen MR) is 103 cm³/mol. The van der Waals surface area contributed by atoms with Crippen LogP contribution in [0.1, 0.15) is 42.3 Å². The molecule has 0 radical (unpaired) electrons. The summed E-state index contributed by atoms with van der Waals surface area (Å²) in [5.74, 6) is 2.10. The molecule has 5 rings (SSSR count). The minimum absolute atomic E-state index is 0.166. The van der Waals surface area contributed by atoms with Crippen molar-refractivity contribution in [1.29, 1.82) is 0 Å². The molecule has 1 heterocycles. The van der Waals surface area contributed by atoms with E-state index in [2.05, 4.69) is 5.32 Å². The standard InChI is InChI=1S/C20H18Cl2N2O2/c21-15-5-3-12(8-16(15)22)20-19-11-2-1-10(7-11)18(19)14-9-13(24(25)26)4-6-17(14)23-20/h3-6,8-11,18-20,23H,1-2,7H2/t10-,11-,18-,19+,20-/m0/s1. The Kier molecular flexibility index (Phi) is 3.70. The summed E-state index contributed by atoms with van der Waals surface area (Å²) in [4.78, 5) is 11.0. The Bertz CT molecular complexity index is 917. The number of nitrogens with one attached hydrogen (secondary N) is 1. The molecular weight excluding hydrogens is 371 g/mol. The molecular formula is C20H18Cl2N2O2. The van der Waals surface area contributed by atoms with Gasteiger partial charge in [0.25, 0.3) is 5.69 Å². The SMILES string of the molecule is O=[N+]([O-])c1ccc2c(c1)[C@@H]1[C@H]3CC[C@@H](C3)[C@H]1[C@H](c1ccc(Cl)c(Cl)c1)N2. The van der Waals surface area contributed by atoms with Crippen molar-refractivity contribution in [2.75, 3.05) is 5.32 Å². The summed E-state index contributed by atoms with van der Waals surface area (Å²) in [5.41, 5.74) is 3.46. The number of fused-ring (bicyclic) bond motifs is 7. The van der Waals surface area contributed by atoms with Crippen LogP contribution in [-0.2, 0) is 0 Å². The lowest BCUT2D eigenvalue weighted by atomic mass is 9.68. The van der Waals surface area contributed by atoms with E-state index in [-0.39, 0.29) is 16.7 Å². The van der Waals surface area contributed by atoms with E-state index >= 15 is 0 Å². The number of nitro groups is 1. The third-order valence-electron chi connectivity index (χ3n) is 6.58. The lowest BCUT2D eigenvalue weighted by Crippen LogP contribution is -2.35. The van der Waals surface area contributed by atoms with Gasteiger partial charge in [-0.15, -0.1) is 0 Å². The molecule has 2 bridgehead atoms. The fourth-order valence-electron chi connectivity index (χ4n) is 5.62. The predicted octanol–water partition coefficient (Wildman–Crippen LogP) is 6.20. The second-order valence-corrected chi connectivity index (χ2v) is 8.57. The monoisotopic (exact) mass is 388 g/mol. The van der Waals surface area contributed by atoms with Crippen molar-refractivity contribution in [1.82, 2.24) is 0 Å². The largest absolute Gasteiger partial charge is 0.378 e. The zero-order valence-electron chi connectivity index (χ0n) is 14.0. The Hall–Kier alpha value is -1.78. The zero-order valence-corrected chi connectivity index (χ0v) is 15.5. The number of rotatable bonds is 2. The van der Waals surface area contributed by atoms with Crippen LogP contribution >= 0.6 is 23.2 Å². The van der Waals surface area contributed by atoms with Crippen molar-refractivity contribution >= 4 is 34.6 Å². The first-order valence-electron chi connectivity index (χ1n) is 9.03. The van der Waals surface area contributed by atoms with E-state index in [0.717, 1.165) is 16.8 Å². The Morgan fingerprint density at radius 2 is 1.85 bits per heavy atom. The van der Waals surface area contributed by atoms with E-state index in [1.807, 2.05) is 24.3 Å². The normalized spacial score (nSPS) is 31.2. The number of nitro benzene ring substituents is 1. The number of anilines is 1. The first kappa shape index (κ1) is 16.4. The molecule has 134 valence electrons. The van der Waals surface area contributed by atoms with Gasteiger partial charge in [0.2, 0.25) is 0 Å². The molecule has 0 saturated heterocycles. The van der Waals surface area contributed by atoms with Crippen molar-refractivity contribution < 1.29 is 4.92 Å². The lowest BCUT2D eigenvalue weighted by molar-refractivity contribution is -0.384. The van der Waals surface area contributed by atoms with Crippen LogP contribution in [0.4, 0.5) is 11.4 Å². The highest BCUT2D eigenvalue weighted by Gasteiger charge is 2.54. The highest BCUT2D eigenvalue weighted by molar-refractivity contribution is 6.42. The number of halogens is 2. The fraction of sp³-hybridized carbons (Fsp3) is 0.400. The summed E-state index contributed by atoms with van der Waals surface area (Å²) >= 11 is 12.4. The Balaban J connectivity index is 1.63. The maximum atomic E-state index is 11.3. The molecule has 26 heavy (non-hydrogen) atoms. The molecule has 2 aromatic rings. The molecule has 0 unspecified atom stereocenters. The van der Waals surface area contributed by atoms with Crippen LogP contribution in [0, 0.1) is 27.9 Å². The van der Waals surface area contributed by atoms with Gasteiger partial charge in [-0.2, -0.15) is 0 Å². The molecule has 4 nitrogen and oxygen atoms in total. The second-order valence-electron chi connectivity index (χ2n) is 7.76. The van der Waals surface area contributed by atoms with Crippen molar-refractivity contribution in [3.8, 4) is 0 Å². The Morgan fingerprint density at radius 3 is 2.62 bits per heavy atom. The van der Waals surface area contributed by atoms with E-state index in [9.17, 15) is 10.1 Å². The summed E-state index contributed by atoms with van der Waals surface area (Å²) in [6.45, 7) is 0. The van der Waals surface area contributed by atoms with Crippen LogP contribution in [0.25, 0.3) is 0 Å². The second kappa shape index (κ2) is 5.86. The van der Waals surface area contributed by atoms with Gasteiger partial charge in [0.1, 0.15) is 0 Å². The van der Waals surface area contributed by atoms with Gasteiger partial charge < -0.3 is 5.32 Å². The number of hydrogen-bond acceptors (Lipinski definition) is 3. The molecule has 5 atom stereocenters. The van der Waals surface area contributed by atoms with Gasteiger partial charge in [-0.3, -0.25) is 10.1 Å². The van der Waals surface area contributed by atoms with E-state index < -0.39 is 0 Å². The average molecular weight is 389 g/mol. The number of non-ortho nitro benzene ring substituents is 1. The maximum absolute atomic E-state index is 11.3. The van der Waals surface area contributed by atoms with Gasteiger partial charge in [-0.1, -0.05) is 29.3 Å². The number of hydrogen-bond donors (Lipinski definition) is 1. The summed E-state index contributed by atoms with van der Waals surface area (Å²) in [5, 5.41) is 16.0. The smallest absolute Gasteiger partial charge is 0.269 e. The van der Waals surface area contributed by atoms with E-state index in [1.54, 1.807) is 12.1 Å². The highest BCUT2D eigenvalue weighted by atomic mass is 35.5. The topological polar surface area (TPSA) is 55.2 Å². The summed E-state index contributed by atoms with van der Waals surface area (Å²) in [6, 6.07) is 11.3. The fourth-order valence-corrected chi connectivity index (χ4v) is 5.93. The van der Waals surface area contributed by atoms with Crippen molar-refractivity contribution in [2.24, 2.45) is 17.8 Å². The third-order valence-corrected chi connectivity index (χ3v) is 7.32. The van der Waals surface area contributed by atoms with Crippen LogP contribution in [0.5, 0.6) is 0 Å². The first-order chi connectivity index (χ1) is 12.5. The van der Waals surface area contributed by atoms with Crippen LogP contribution < -0.4 is 5.32 Å². The first-order valence-corrected chi connectivity index (χ1v) is 9.78. The summed E-state index contributed by atoms with van der Waals surface area (Å²) in [6.07, 6.45) is 3.69. The van der Waals surface area contributed by atoms with Crippen LogP contribution in [0.15, 0.2) is 36.4 Å².